The Morgan fingerprint density at radius 3 is 2.04 bits per heavy atom. The van der Waals surface area contributed by atoms with Gasteiger partial charge in [0.15, 0.2) is 0 Å². The molecule has 0 saturated carbocycles. The van der Waals surface area contributed by atoms with Crippen molar-refractivity contribution < 1.29 is 18.0 Å². The van der Waals surface area contributed by atoms with Crippen LogP contribution in [0.25, 0.3) is 11.1 Å². The molecular weight excluding hydrogens is 377 g/mol. The summed E-state index contributed by atoms with van der Waals surface area (Å²) in [5.41, 5.74) is 7.57. The van der Waals surface area contributed by atoms with E-state index in [2.05, 4.69) is 5.32 Å². The minimum atomic E-state index is -4.33. The minimum absolute atomic E-state index is 0. The van der Waals surface area contributed by atoms with E-state index in [0.29, 0.717) is 18.5 Å². The molecular formula is C20H24ClF3N2O. The molecule has 2 aromatic rings. The average Bonchev–Trinajstić information content (AvgIpc) is 2.64. The molecule has 0 heterocycles. The van der Waals surface area contributed by atoms with Gasteiger partial charge in [-0.3, -0.25) is 4.79 Å². The van der Waals surface area contributed by atoms with Crippen molar-refractivity contribution in [3.05, 3.63) is 59.7 Å². The van der Waals surface area contributed by atoms with Gasteiger partial charge in [0.1, 0.15) is 0 Å². The van der Waals surface area contributed by atoms with E-state index in [1.165, 1.54) is 12.1 Å². The number of benzene rings is 2. The second-order valence-corrected chi connectivity index (χ2v) is 6.24. The summed E-state index contributed by atoms with van der Waals surface area (Å²) < 4.78 is 37.8. The molecule has 7 heteroatoms. The Bertz CT molecular complexity index is 716. The molecule has 1 atom stereocenters. The second-order valence-electron chi connectivity index (χ2n) is 6.24. The molecule has 1 amide bonds. The molecule has 3 nitrogen and oxygen atoms in total. The van der Waals surface area contributed by atoms with Crippen molar-refractivity contribution in [1.82, 2.24) is 5.32 Å². The number of hydrogen-bond donors (Lipinski definition) is 2. The third-order valence-electron chi connectivity index (χ3n) is 4.17. The topological polar surface area (TPSA) is 55.1 Å². The predicted molar refractivity (Wildman–Crippen MR) is 103 cm³/mol. The average molecular weight is 401 g/mol. The first kappa shape index (κ1) is 23.0. The number of alkyl halides is 3. The Hall–Kier alpha value is -2.05. The second kappa shape index (κ2) is 10.3. The highest BCUT2D eigenvalue weighted by Crippen LogP contribution is 2.31. The molecule has 0 aliphatic carbocycles. The smallest absolute Gasteiger partial charge is 0.351 e. The van der Waals surface area contributed by atoms with Gasteiger partial charge in [-0.05, 0) is 35.2 Å². The van der Waals surface area contributed by atoms with Crippen LogP contribution in [0.2, 0.25) is 0 Å². The fourth-order valence-corrected chi connectivity index (χ4v) is 2.54. The monoisotopic (exact) mass is 400 g/mol. The van der Waals surface area contributed by atoms with Crippen LogP contribution >= 0.6 is 12.4 Å². The number of carbonyl (C=O) groups is 1. The summed E-state index contributed by atoms with van der Waals surface area (Å²) in [6.07, 6.45) is -1.77. The molecule has 0 bridgehead atoms. The summed E-state index contributed by atoms with van der Waals surface area (Å²) in [5, 5.41) is 2.80. The van der Waals surface area contributed by atoms with Gasteiger partial charge in [0.05, 0.1) is 11.6 Å². The van der Waals surface area contributed by atoms with Crippen LogP contribution in [0.1, 0.15) is 37.3 Å². The van der Waals surface area contributed by atoms with Gasteiger partial charge >= 0.3 is 6.18 Å². The van der Waals surface area contributed by atoms with Crippen LogP contribution in [0.5, 0.6) is 0 Å². The lowest BCUT2D eigenvalue weighted by atomic mass is 10.0. The van der Waals surface area contributed by atoms with E-state index in [0.717, 1.165) is 36.1 Å². The van der Waals surface area contributed by atoms with Gasteiger partial charge in [-0.15, -0.1) is 12.4 Å². The fraction of sp³-hybridized carbons (Fsp3) is 0.350. The molecule has 2 rings (SSSR count). The van der Waals surface area contributed by atoms with Crippen LogP contribution in [0.3, 0.4) is 0 Å². The molecule has 0 aromatic heterocycles. The molecule has 0 aliphatic rings. The third kappa shape index (κ3) is 6.88. The number of carbonyl (C=O) groups excluding carboxylic acids is 1. The van der Waals surface area contributed by atoms with Crippen molar-refractivity contribution in [2.45, 2.75) is 44.9 Å². The molecule has 0 saturated heterocycles. The van der Waals surface area contributed by atoms with Crippen molar-refractivity contribution in [1.29, 1.82) is 0 Å². The summed E-state index contributed by atoms with van der Waals surface area (Å²) in [7, 11) is 0. The van der Waals surface area contributed by atoms with Crippen molar-refractivity contribution in [2.24, 2.45) is 5.73 Å². The molecule has 148 valence electrons. The van der Waals surface area contributed by atoms with Crippen molar-refractivity contribution in [3.8, 4) is 11.1 Å². The third-order valence-corrected chi connectivity index (χ3v) is 4.17. The summed E-state index contributed by atoms with van der Waals surface area (Å²) in [4.78, 5) is 11.9. The van der Waals surface area contributed by atoms with Gasteiger partial charge in [0.25, 0.3) is 0 Å². The highest BCUT2D eigenvalue weighted by atomic mass is 35.5. The lowest BCUT2D eigenvalue weighted by Gasteiger charge is -2.12. The first-order chi connectivity index (χ1) is 12.3. The van der Waals surface area contributed by atoms with Crippen molar-refractivity contribution >= 4 is 18.3 Å². The van der Waals surface area contributed by atoms with E-state index in [4.69, 9.17) is 5.73 Å². The molecule has 0 fully saturated rings. The van der Waals surface area contributed by atoms with Crippen LogP contribution in [0.4, 0.5) is 13.2 Å². The van der Waals surface area contributed by atoms with E-state index in [-0.39, 0.29) is 18.3 Å². The van der Waals surface area contributed by atoms with E-state index >= 15 is 0 Å². The van der Waals surface area contributed by atoms with Crippen LogP contribution in [-0.2, 0) is 17.5 Å². The zero-order chi connectivity index (χ0) is 19.2. The van der Waals surface area contributed by atoms with E-state index < -0.39 is 17.8 Å². The summed E-state index contributed by atoms with van der Waals surface area (Å²) in [5.74, 6) is -0.176. The van der Waals surface area contributed by atoms with Gasteiger partial charge in [0.2, 0.25) is 5.91 Å². The Morgan fingerprint density at radius 2 is 1.56 bits per heavy atom. The number of nitrogens with two attached hydrogens (primary N) is 1. The maximum Gasteiger partial charge on any atom is 0.416 e. The quantitative estimate of drug-likeness (QED) is 0.692. The number of amides is 1. The number of nitrogens with one attached hydrogen (secondary N) is 1. The normalized spacial score (nSPS) is 12.2. The molecule has 3 N–H and O–H groups in total. The standard InChI is InChI=1S/C20H23F3N2O.ClH/c1-2-3-4-18(24)19(26)25-13-14-5-7-15(8-6-14)16-9-11-17(12-10-16)20(21,22)23;/h5-12,18H,2-4,13,24H2,1H3,(H,25,26);1H/t18-;/m0./s1. The Balaban J connectivity index is 0.00000364. The number of unbranched alkanes of at least 4 members (excludes halogenated alkanes) is 1. The SMILES string of the molecule is CCCC[C@H](N)C(=O)NCc1ccc(-c2ccc(C(F)(F)F)cc2)cc1.Cl. The Kier molecular flexibility index (Phi) is 8.79. The summed E-state index contributed by atoms with van der Waals surface area (Å²) in [6, 6.07) is 11.9. The van der Waals surface area contributed by atoms with Crippen LogP contribution < -0.4 is 11.1 Å². The molecule has 2 aromatic carbocycles. The Labute approximate surface area is 163 Å². The fourth-order valence-electron chi connectivity index (χ4n) is 2.54. The molecule has 0 aliphatic heterocycles. The maximum absolute atomic E-state index is 12.6. The molecule has 0 spiro atoms. The number of hydrogen-bond acceptors (Lipinski definition) is 2. The highest BCUT2D eigenvalue weighted by molar-refractivity contribution is 5.85. The first-order valence-corrected chi connectivity index (χ1v) is 8.61. The van der Waals surface area contributed by atoms with E-state index in [9.17, 15) is 18.0 Å². The van der Waals surface area contributed by atoms with Crippen molar-refractivity contribution in [3.63, 3.8) is 0 Å². The van der Waals surface area contributed by atoms with Gasteiger partial charge in [-0.1, -0.05) is 56.2 Å². The lowest BCUT2D eigenvalue weighted by Crippen LogP contribution is -2.40. The van der Waals surface area contributed by atoms with Gasteiger partial charge in [-0.2, -0.15) is 13.2 Å². The number of rotatable bonds is 7. The van der Waals surface area contributed by atoms with Crippen molar-refractivity contribution in [2.75, 3.05) is 0 Å². The van der Waals surface area contributed by atoms with Crippen LogP contribution in [0.15, 0.2) is 48.5 Å². The van der Waals surface area contributed by atoms with Crippen LogP contribution in [-0.4, -0.2) is 11.9 Å². The summed E-state index contributed by atoms with van der Waals surface area (Å²) in [6.45, 7) is 2.41. The molecule has 0 unspecified atom stereocenters. The predicted octanol–water partition coefficient (Wildman–Crippen LogP) is 4.93. The number of halogens is 4. The van der Waals surface area contributed by atoms with Crippen LogP contribution in [0, 0.1) is 0 Å². The largest absolute Gasteiger partial charge is 0.416 e. The van der Waals surface area contributed by atoms with Gasteiger partial charge in [0, 0.05) is 6.54 Å². The highest BCUT2D eigenvalue weighted by Gasteiger charge is 2.29. The molecule has 27 heavy (non-hydrogen) atoms. The van der Waals surface area contributed by atoms with E-state index in [1.807, 2.05) is 31.2 Å². The van der Waals surface area contributed by atoms with E-state index in [1.54, 1.807) is 0 Å². The molecule has 0 radical (unpaired) electrons. The zero-order valence-electron chi connectivity index (χ0n) is 15.1. The zero-order valence-corrected chi connectivity index (χ0v) is 15.9. The first-order valence-electron chi connectivity index (χ1n) is 8.61. The maximum atomic E-state index is 12.6. The lowest BCUT2D eigenvalue weighted by molar-refractivity contribution is -0.137. The van der Waals surface area contributed by atoms with Gasteiger partial charge < -0.3 is 11.1 Å². The Morgan fingerprint density at radius 1 is 1.04 bits per heavy atom. The minimum Gasteiger partial charge on any atom is -0.351 e. The van der Waals surface area contributed by atoms with Gasteiger partial charge in [-0.25, -0.2) is 0 Å². The summed E-state index contributed by atoms with van der Waals surface area (Å²) >= 11 is 0.